The molecule has 0 N–H and O–H groups in total. The molecule has 18 heavy (non-hydrogen) atoms. The summed E-state index contributed by atoms with van der Waals surface area (Å²) in [6.45, 7) is 20.1. The fourth-order valence-electron chi connectivity index (χ4n) is 3.19. The van der Waals surface area contributed by atoms with E-state index >= 15 is 0 Å². The summed E-state index contributed by atoms with van der Waals surface area (Å²) in [6.07, 6.45) is 0. The van der Waals surface area contributed by atoms with Crippen LogP contribution in [0.1, 0.15) is 41.5 Å². The predicted molar refractivity (Wildman–Crippen MR) is 81.5 cm³/mol. The van der Waals surface area contributed by atoms with Gasteiger partial charge < -0.3 is 4.90 Å². The molecule has 0 heterocycles. The van der Waals surface area contributed by atoms with Crippen molar-refractivity contribution in [2.45, 2.75) is 65.2 Å². The van der Waals surface area contributed by atoms with E-state index in [1.807, 2.05) is 4.90 Å². The zero-order valence-corrected chi connectivity index (χ0v) is 14.5. The molecule has 3 atom stereocenters. The Morgan fingerprint density at radius 2 is 1.61 bits per heavy atom. The zero-order chi connectivity index (χ0) is 14.3. The lowest BCUT2D eigenvalue weighted by atomic mass is 10.2. The molecule has 0 aromatic heterocycles. The summed E-state index contributed by atoms with van der Waals surface area (Å²) < 4.78 is 0. The molecule has 0 unspecified atom stereocenters. The monoisotopic (exact) mass is 269 g/mol. The topological polar surface area (TPSA) is 20.3 Å². The second-order valence-electron chi connectivity index (χ2n) is 7.39. The fourth-order valence-corrected chi connectivity index (χ4v) is 6.95. The molecule has 1 amide bonds. The van der Waals surface area contributed by atoms with Crippen LogP contribution in [-0.4, -0.2) is 32.0 Å². The van der Waals surface area contributed by atoms with Gasteiger partial charge in [-0.1, -0.05) is 40.8 Å². The third-order valence-corrected chi connectivity index (χ3v) is 11.9. The van der Waals surface area contributed by atoms with Gasteiger partial charge in [0.2, 0.25) is 5.91 Å². The van der Waals surface area contributed by atoms with Crippen LogP contribution in [0.15, 0.2) is 0 Å². The molecule has 1 aliphatic carbocycles. The minimum absolute atomic E-state index is 0.311. The molecule has 0 radical (unpaired) electrons. The summed E-state index contributed by atoms with van der Waals surface area (Å²) in [5.74, 6) is 1.31. The van der Waals surface area contributed by atoms with E-state index in [4.69, 9.17) is 0 Å². The second-order valence-corrected chi connectivity index (χ2v) is 13.0. The maximum absolute atomic E-state index is 12.5. The van der Waals surface area contributed by atoms with E-state index < -0.39 is 8.07 Å². The first-order valence-corrected chi connectivity index (χ1v) is 10.5. The van der Waals surface area contributed by atoms with Crippen molar-refractivity contribution in [3.8, 4) is 0 Å². The van der Waals surface area contributed by atoms with Gasteiger partial charge in [-0.2, -0.15) is 0 Å². The van der Waals surface area contributed by atoms with Crippen molar-refractivity contribution < 1.29 is 4.79 Å². The summed E-state index contributed by atoms with van der Waals surface area (Å²) in [5, 5.41) is 0.379. The van der Waals surface area contributed by atoms with E-state index in [1.165, 1.54) is 0 Å². The van der Waals surface area contributed by atoms with E-state index in [0.717, 1.165) is 13.1 Å². The number of carbonyl (C=O) groups excluding carboxylic acids is 1. The van der Waals surface area contributed by atoms with Crippen molar-refractivity contribution in [3.63, 3.8) is 0 Å². The van der Waals surface area contributed by atoms with Crippen LogP contribution >= 0.6 is 0 Å². The Kier molecular flexibility index (Phi) is 4.36. The molecular formula is C15H31NOSi. The van der Waals surface area contributed by atoms with Crippen LogP contribution in [0.2, 0.25) is 23.7 Å². The number of hydrogen-bond acceptors (Lipinski definition) is 1. The highest BCUT2D eigenvalue weighted by Crippen LogP contribution is 2.63. The summed E-state index contributed by atoms with van der Waals surface area (Å²) >= 11 is 0. The quantitative estimate of drug-likeness (QED) is 0.706. The molecule has 106 valence electrons. The number of carbonyl (C=O) groups is 1. The maximum Gasteiger partial charge on any atom is 0.225 e. The first-order chi connectivity index (χ1) is 8.09. The average molecular weight is 270 g/mol. The van der Waals surface area contributed by atoms with Gasteiger partial charge in [0.1, 0.15) is 0 Å². The van der Waals surface area contributed by atoms with E-state index in [1.54, 1.807) is 0 Å². The molecule has 0 aromatic carbocycles. The van der Waals surface area contributed by atoms with Gasteiger partial charge >= 0.3 is 0 Å². The molecule has 0 aliphatic heterocycles. The lowest BCUT2D eigenvalue weighted by molar-refractivity contribution is -0.132. The Balaban J connectivity index is 2.83. The molecule has 3 heteroatoms. The molecule has 1 saturated carbocycles. The Bertz CT molecular complexity index is 315. The number of nitrogens with zero attached hydrogens (tertiary/aromatic N) is 1. The van der Waals surface area contributed by atoms with Crippen LogP contribution in [0, 0.1) is 11.8 Å². The standard InChI is InChI=1S/C15H31NOSi/c1-9-16(10-2)14(17)12-11(3)13(12)18(7,8)15(4,5)6/h11-13H,9-10H2,1-8H3/t11-,12-,13+/m1/s1. The number of hydrogen-bond donors (Lipinski definition) is 0. The van der Waals surface area contributed by atoms with Crippen molar-refractivity contribution in [1.29, 1.82) is 0 Å². The van der Waals surface area contributed by atoms with E-state index in [9.17, 15) is 4.79 Å². The van der Waals surface area contributed by atoms with Crippen LogP contribution in [-0.2, 0) is 4.79 Å². The molecule has 0 spiro atoms. The van der Waals surface area contributed by atoms with Gasteiger partial charge in [-0.3, -0.25) is 4.79 Å². The smallest absolute Gasteiger partial charge is 0.225 e. The summed E-state index contributed by atoms with van der Waals surface area (Å²) in [4.78, 5) is 14.5. The van der Waals surface area contributed by atoms with Crippen molar-refractivity contribution in [3.05, 3.63) is 0 Å². The van der Waals surface area contributed by atoms with Crippen molar-refractivity contribution in [1.82, 2.24) is 4.90 Å². The first kappa shape index (κ1) is 15.7. The molecular weight excluding hydrogens is 238 g/mol. The average Bonchev–Trinajstić information content (AvgIpc) is 2.90. The highest BCUT2D eigenvalue weighted by atomic mass is 28.3. The van der Waals surface area contributed by atoms with Gasteiger partial charge in [0.15, 0.2) is 0 Å². The van der Waals surface area contributed by atoms with Gasteiger partial charge in [-0.25, -0.2) is 0 Å². The minimum atomic E-state index is -1.38. The van der Waals surface area contributed by atoms with Crippen molar-refractivity contribution >= 4 is 14.0 Å². The SMILES string of the molecule is CCN(CC)C(=O)[C@@H]1[C@@H](C)[C@@H]1[Si](C)(C)C(C)(C)C. The molecule has 1 fully saturated rings. The van der Waals surface area contributed by atoms with E-state index in [0.29, 0.717) is 28.3 Å². The van der Waals surface area contributed by atoms with Crippen LogP contribution in [0.3, 0.4) is 0 Å². The number of rotatable bonds is 4. The Hall–Kier alpha value is -0.313. The highest BCUT2D eigenvalue weighted by Gasteiger charge is 2.62. The summed E-state index contributed by atoms with van der Waals surface area (Å²) in [7, 11) is -1.38. The fraction of sp³-hybridized carbons (Fsp3) is 0.933. The largest absolute Gasteiger partial charge is 0.343 e. The zero-order valence-electron chi connectivity index (χ0n) is 13.5. The van der Waals surface area contributed by atoms with Gasteiger partial charge in [-0.15, -0.1) is 0 Å². The van der Waals surface area contributed by atoms with E-state index in [2.05, 4.69) is 54.6 Å². The maximum atomic E-state index is 12.5. The second kappa shape index (κ2) is 4.99. The molecule has 2 nitrogen and oxygen atoms in total. The third kappa shape index (κ3) is 2.51. The third-order valence-electron chi connectivity index (χ3n) is 5.51. The van der Waals surface area contributed by atoms with Crippen LogP contribution in [0.5, 0.6) is 0 Å². The Labute approximate surface area is 114 Å². The number of amides is 1. The highest BCUT2D eigenvalue weighted by molar-refractivity contribution is 6.82. The lowest BCUT2D eigenvalue weighted by Gasteiger charge is -2.38. The normalized spacial score (nSPS) is 28.1. The first-order valence-electron chi connectivity index (χ1n) is 7.38. The van der Waals surface area contributed by atoms with Crippen molar-refractivity contribution in [2.24, 2.45) is 11.8 Å². The van der Waals surface area contributed by atoms with Crippen LogP contribution < -0.4 is 0 Å². The van der Waals surface area contributed by atoms with Gasteiger partial charge in [0.05, 0.1) is 8.07 Å². The van der Waals surface area contributed by atoms with Crippen LogP contribution in [0.4, 0.5) is 0 Å². The molecule has 1 aliphatic rings. The molecule has 0 saturated heterocycles. The summed E-state index contributed by atoms with van der Waals surface area (Å²) in [6, 6.07) is 0. The van der Waals surface area contributed by atoms with Crippen molar-refractivity contribution in [2.75, 3.05) is 13.1 Å². The Morgan fingerprint density at radius 1 is 1.17 bits per heavy atom. The van der Waals surface area contributed by atoms with E-state index in [-0.39, 0.29) is 0 Å². The minimum Gasteiger partial charge on any atom is -0.343 e. The lowest BCUT2D eigenvalue weighted by Crippen LogP contribution is -2.40. The molecule has 0 aromatic rings. The molecule has 1 rings (SSSR count). The van der Waals surface area contributed by atoms with Gasteiger partial charge in [0, 0.05) is 19.0 Å². The molecule has 0 bridgehead atoms. The van der Waals surface area contributed by atoms with Gasteiger partial charge in [0.25, 0.3) is 0 Å². The van der Waals surface area contributed by atoms with Crippen LogP contribution in [0.25, 0.3) is 0 Å². The summed E-state index contributed by atoms with van der Waals surface area (Å²) in [5.41, 5.74) is 0.672. The predicted octanol–water partition coefficient (Wildman–Crippen LogP) is 4.00. The van der Waals surface area contributed by atoms with Gasteiger partial charge in [-0.05, 0) is 30.3 Å². The Morgan fingerprint density at radius 3 is 1.94 bits per heavy atom.